The molecule has 0 spiro atoms. The fourth-order valence-electron chi connectivity index (χ4n) is 3.13. The average molecular weight is 454 g/mol. The Morgan fingerprint density at radius 1 is 1.16 bits per heavy atom. The SMILES string of the molecule is [C-]#[N+]c1ccc(Cn2c(=O)n(-c3cccc(NS(C)(=O)=O)c3)c(=O)c3ncsc32)cc1. The number of hydrogen-bond donors (Lipinski definition) is 1. The number of rotatable bonds is 5. The zero-order chi connectivity index (χ0) is 22.2. The first-order valence-electron chi connectivity index (χ1n) is 8.90. The number of anilines is 1. The van der Waals surface area contributed by atoms with Gasteiger partial charge in [-0.05, 0) is 23.8 Å². The molecule has 0 unspecified atom stereocenters. The van der Waals surface area contributed by atoms with E-state index in [0.717, 1.165) is 16.4 Å². The van der Waals surface area contributed by atoms with Crippen LogP contribution in [0.3, 0.4) is 0 Å². The minimum Gasteiger partial charge on any atom is -0.284 e. The van der Waals surface area contributed by atoms with Crippen LogP contribution in [0.2, 0.25) is 0 Å². The number of aromatic nitrogens is 3. The molecule has 31 heavy (non-hydrogen) atoms. The summed E-state index contributed by atoms with van der Waals surface area (Å²) in [5, 5.41) is 0. The van der Waals surface area contributed by atoms with Crippen LogP contribution in [0.4, 0.5) is 11.4 Å². The molecule has 0 aliphatic rings. The van der Waals surface area contributed by atoms with Gasteiger partial charge in [-0.15, -0.1) is 11.3 Å². The van der Waals surface area contributed by atoms with Crippen LogP contribution in [0.25, 0.3) is 20.9 Å². The van der Waals surface area contributed by atoms with E-state index < -0.39 is 21.3 Å². The number of nitrogens with one attached hydrogen (secondary N) is 1. The van der Waals surface area contributed by atoms with Gasteiger partial charge < -0.3 is 0 Å². The van der Waals surface area contributed by atoms with Crippen LogP contribution in [0, 0.1) is 6.57 Å². The van der Waals surface area contributed by atoms with Crippen molar-refractivity contribution >= 4 is 43.1 Å². The normalized spacial score (nSPS) is 11.4. The van der Waals surface area contributed by atoms with Crippen molar-refractivity contribution < 1.29 is 8.42 Å². The predicted molar refractivity (Wildman–Crippen MR) is 120 cm³/mol. The molecule has 0 fully saturated rings. The van der Waals surface area contributed by atoms with Crippen molar-refractivity contribution in [3.63, 3.8) is 0 Å². The maximum absolute atomic E-state index is 13.3. The number of sulfonamides is 1. The van der Waals surface area contributed by atoms with Gasteiger partial charge in [0.2, 0.25) is 10.0 Å². The van der Waals surface area contributed by atoms with Crippen LogP contribution >= 0.6 is 11.3 Å². The number of nitrogens with zero attached hydrogens (tertiary/aromatic N) is 4. The molecule has 0 aliphatic heterocycles. The van der Waals surface area contributed by atoms with Gasteiger partial charge in [0, 0.05) is 0 Å². The first-order chi connectivity index (χ1) is 14.8. The van der Waals surface area contributed by atoms with E-state index in [1.165, 1.54) is 33.5 Å². The summed E-state index contributed by atoms with van der Waals surface area (Å²) in [6, 6.07) is 12.8. The van der Waals surface area contributed by atoms with Crippen molar-refractivity contribution in [2.24, 2.45) is 0 Å². The number of thiazole rings is 1. The van der Waals surface area contributed by atoms with Gasteiger partial charge in [-0.25, -0.2) is 27.6 Å². The molecule has 4 aromatic rings. The van der Waals surface area contributed by atoms with E-state index in [-0.39, 0.29) is 23.4 Å². The second-order valence-corrected chi connectivity index (χ2v) is 9.30. The Kier molecular flexibility index (Phi) is 5.18. The summed E-state index contributed by atoms with van der Waals surface area (Å²) in [5.41, 5.74) is 2.19. The topological polar surface area (TPSA) is 107 Å². The highest BCUT2D eigenvalue weighted by Crippen LogP contribution is 2.19. The molecule has 0 saturated carbocycles. The zero-order valence-corrected chi connectivity index (χ0v) is 17.8. The van der Waals surface area contributed by atoms with Crippen molar-refractivity contribution in [2.45, 2.75) is 6.54 Å². The minimum absolute atomic E-state index is 0.142. The summed E-state index contributed by atoms with van der Waals surface area (Å²) in [6.07, 6.45) is 1.01. The Hall–Kier alpha value is -3.75. The van der Waals surface area contributed by atoms with Crippen LogP contribution in [0.15, 0.2) is 63.6 Å². The van der Waals surface area contributed by atoms with Crippen molar-refractivity contribution in [1.29, 1.82) is 0 Å². The second-order valence-electron chi connectivity index (χ2n) is 6.72. The summed E-state index contributed by atoms with van der Waals surface area (Å²) in [5.74, 6) is 0. The quantitative estimate of drug-likeness (QED) is 0.468. The molecule has 2 heterocycles. The monoisotopic (exact) mass is 453 g/mol. The highest BCUT2D eigenvalue weighted by atomic mass is 32.2. The molecule has 156 valence electrons. The molecule has 0 radical (unpaired) electrons. The van der Waals surface area contributed by atoms with E-state index in [9.17, 15) is 18.0 Å². The molecule has 2 aromatic carbocycles. The van der Waals surface area contributed by atoms with Crippen LogP contribution in [0.5, 0.6) is 0 Å². The van der Waals surface area contributed by atoms with Crippen LogP contribution < -0.4 is 16.0 Å². The zero-order valence-electron chi connectivity index (χ0n) is 16.1. The molecular weight excluding hydrogens is 438 g/mol. The van der Waals surface area contributed by atoms with E-state index in [1.54, 1.807) is 36.4 Å². The van der Waals surface area contributed by atoms with Crippen molar-refractivity contribution in [3.05, 3.63) is 91.9 Å². The van der Waals surface area contributed by atoms with Gasteiger partial charge in [0.25, 0.3) is 5.56 Å². The lowest BCUT2D eigenvalue weighted by Gasteiger charge is -2.13. The molecule has 0 amide bonds. The lowest BCUT2D eigenvalue weighted by molar-refractivity contribution is 0.607. The molecule has 0 saturated heterocycles. The summed E-state index contributed by atoms with van der Waals surface area (Å²) < 4.78 is 27.9. The van der Waals surface area contributed by atoms with E-state index in [1.807, 2.05) is 0 Å². The summed E-state index contributed by atoms with van der Waals surface area (Å²) >= 11 is 1.18. The first kappa shape index (κ1) is 20.5. The Morgan fingerprint density at radius 2 is 1.90 bits per heavy atom. The maximum atomic E-state index is 13.3. The van der Waals surface area contributed by atoms with Crippen molar-refractivity contribution in [1.82, 2.24) is 14.1 Å². The van der Waals surface area contributed by atoms with Crippen molar-refractivity contribution in [2.75, 3.05) is 11.0 Å². The highest BCUT2D eigenvalue weighted by Gasteiger charge is 2.17. The van der Waals surface area contributed by atoms with E-state index >= 15 is 0 Å². The lowest BCUT2D eigenvalue weighted by atomic mass is 10.2. The molecule has 11 heteroatoms. The molecule has 2 aromatic heterocycles. The third-order valence-corrected chi connectivity index (χ3v) is 5.89. The summed E-state index contributed by atoms with van der Waals surface area (Å²) in [7, 11) is -3.53. The third-order valence-electron chi connectivity index (χ3n) is 4.44. The largest absolute Gasteiger partial charge is 0.337 e. The van der Waals surface area contributed by atoms with Gasteiger partial charge in [-0.2, -0.15) is 0 Å². The molecule has 0 aliphatic carbocycles. The molecule has 4 rings (SSSR count). The second kappa shape index (κ2) is 7.82. The standard InChI is InChI=1S/C20H15N5O4S2/c1-21-14-8-6-13(7-9-14)11-24-19-17(22-12-30-19)18(26)25(20(24)27)16-5-3-4-15(10-16)23-31(2,28)29/h3-10,12,23H,11H2,2H3. The Morgan fingerprint density at radius 3 is 2.58 bits per heavy atom. The molecule has 1 N–H and O–H groups in total. The molecule has 0 bridgehead atoms. The highest BCUT2D eigenvalue weighted by molar-refractivity contribution is 7.92. The van der Waals surface area contributed by atoms with Gasteiger partial charge in [-0.1, -0.05) is 30.3 Å². The van der Waals surface area contributed by atoms with Crippen LogP contribution in [0.1, 0.15) is 5.56 Å². The van der Waals surface area contributed by atoms with Gasteiger partial charge >= 0.3 is 5.69 Å². The summed E-state index contributed by atoms with van der Waals surface area (Å²) in [4.78, 5) is 34.3. The van der Waals surface area contributed by atoms with Gasteiger partial charge in [0.1, 0.15) is 4.83 Å². The Bertz CT molecular complexity index is 1560. The fraction of sp³-hybridized carbons (Fsp3) is 0.100. The van der Waals surface area contributed by atoms with Crippen LogP contribution in [-0.4, -0.2) is 28.8 Å². The lowest BCUT2D eigenvalue weighted by Crippen LogP contribution is -2.39. The smallest absolute Gasteiger partial charge is 0.284 e. The van der Waals surface area contributed by atoms with Gasteiger partial charge in [0.15, 0.2) is 11.2 Å². The Balaban J connectivity index is 1.89. The average Bonchev–Trinajstić information content (AvgIpc) is 3.21. The number of benzene rings is 2. The Labute approximate surface area is 180 Å². The fourth-order valence-corrected chi connectivity index (χ4v) is 4.46. The van der Waals surface area contributed by atoms with Gasteiger partial charge in [0.05, 0.1) is 36.3 Å². The molecule has 0 atom stereocenters. The number of hydrogen-bond acceptors (Lipinski definition) is 6. The third kappa shape index (κ3) is 4.11. The summed E-state index contributed by atoms with van der Waals surface area (Å²) in [6.45, 7) is 7.24. The van der Waals surface area contributed by atoms with E-state index in [2.05, 4.69) is 14.6 Å². The number of fused-ring (bicyclic) bond motifs is 1. The van der Waals surface area contributed by atoms with E-state index in [4.69, 9.17) is 6.57 Å². The molecular formula is C20H15N5O4S2. The molecule has 9 nitrogen and oxygen atoms in total. The minimum atomic E-state index is -3.53. The van der Waals surface area contributed by atoms with Crippen LogP contribution in [-0.2, 0) is 16.6 Å². The first-order valence-corrected chi connectivity index (χ1v) is 11.7. The van der Waals surface area contributed by atoms with Crippen molar-refractivity contribution in [3.8, 4) is 5.69 Å². The van der Waals surface area contributed by atoms with Gasteiger partial charge in [-0.3, -0.25) is 14.1 Å². The predicted octanol–water partition coefficient (Wildman–Crippen LogP) is 2.58. The van der Waals surface area contributed by atoms with E-state index in [0.29, 0.717) is 10.5 Å². The maximum Gasteiger partial charge on any atom is 0.337 e.